The molecule has 0 atom stereocenters. The summed E-state index contributed by atoms with van der Waals surface area (Å²) in [5, 5.41) is -0.0907. The third-order valence-electron chi connectivity index (χ3n) is 5.75. The first-order valence-corrected chi connectivity index (χ1v) is 12.5. The smallest absolute Gasteiger partial charge is 0.412 e. The number of nitrogens with zero attached hydrogens (tertiary/aromatic N) is 2. The van der Waals surface area contributed by atoms with Gasteiger partial charge in [0.2, 0.25) is 0 Å². The Morgan fingerprint density at radius 3 is 2.31 bits per heavy atom. The van der Waals surface area contributed by atoms with Gasteiger partial charge in [-0.3, -0.25) is 4.99 Å². The highest BCUT2D eigenvalue weighted by molar-refractivity contribution is 6.74. The molecule has 0 aromatic heterocycles. The number of alkyl halides is 3. The Labute approximate surface area is 171 Å². The van der Waals surface area contributed by atoms with Crippen LogP contribution in [0.15, 0.2) is 29.0 Å². The maximum atomic E-state index is 14.5. The summed E-state index contributed by atoms with van der Waals surface area (Å²) < 4.78 is 61.3. The molecule has 1 fully saturated rings. The second kappa shape index (κ2) is 8.22. The lowest BCUT2D eigenvalue weighted by Gasteiger charge is -2.36. The molecule has 1 aromatic carbocycles. The zero-order chi connectivity index (χ0) is 22.2. The van der Waals surface area contributed by atoms with Crippen molar-refractivity contribution in [2.24, 2.45) is 10.9 Å². The average molecular weight is 431 g/mol. The lowest BCUT2D eigenvalue weighted by molar-refractivity contribution is -0.137. The van der Waals surface area contributed by atoms with E-state index in [9.17, 15) is 17.6 Å². The molecule has 1 aromatic rings. The maximum absolute atomic E-state index is 14.5. The van der Waals surface area contributed by atoms with Gasteiger partial charge in [-0.15, -0.1) is 0 Å². The van der Waals surface area contributed by atoms with Crippen molar-refractivity contribution in [2.75, 3.05) is 11.9 Å². The standard InChI is InChI=1S/C21H30F4N2OSi/c1-20(2,3)29(6,7)28-13-15-10-19(16(11-17(15)22)21(23,24)25)27(5)12-18(26-4)14-8-9-14/h10-12,14H,4,8-9,13H2,1-3,5-7H3/b18-12-. The molecule has 162 valence electrons. The van der Waals surface area contributed by atoms with Gasteiger partial charge in [0, 0.05) is 24.7 Å². The van der Waals surface area contributed by atoms with Gasteiger partial charge >= 0.3 is 6.18 Å². The van der Waals surface area contributed by atoms with Crippen molar-refractivity contribution in [3.8, 4) is 0 Å². The molecule has 2 rings (SSSR count). The van der Waals surface area contributed by atoms with E-state index in [1.807, 2.05) is 33.9 Å². The van der Waals surface area contributed by atoms with E-state index in [2.05, 4.69) is 11.7 Å². The van der Waals surface area contributed by atoms with Gasteiger partial charge in [0.15, 0.2) is 8.32 Å². The van der Waals surface area contributed by atoms with E-state index in [-0.39, 0.29) is 28.8 Å². The number of halogens is 4. The molecule has 0 heterocycles. The Balaban J connectivity index is 2.42. The topological polar surface area (TPSA) is 24.8 Å². The molecule has 3 nitrogen and oxygen atoms in total. The van der Waals surface area contributed by atoms with Crippen molar-refractivity contribution in [2.45, 2.75) is 64.5 Å². The summed E-state index contributed by atoms with van der Waals surface area (Å²) in [6.07, 6.45) is -1.25. The second-order valence-corrected chi connectivity index (χ2v) is 13.9. The first-order chi connectivity index (χ1) is 13.2. The van der Waals surface area contributed by atoms with Crippen LogP contribution in [0.4, 0.5) is 23.2 Å². The molecule has 1 saturated carbocycles. The first kappa shape index (κ1) is 23.6. The van der Waals surface area contributed by atoms with Crippen LogP contribution in [0.25, 0.3) is 0 Å². The van der Waals surface area contributed by atoms with E-state index in [0.717, 1.165) is 12.8 Å². The summed E-state index contributed by atoms with van der Waals surface area (Å²) in [6, 6.07) is 1.79. The number of hydrogen-bond acceptors (Lipinski definition) is 3. The summed E-state index contributed by atoms with van der Waals surface area (Å²) in [5.74, 6) is -0.687. The minimum Gasteiger partial charge on any atom is -0.412 e. The normalized spacial score (nSPS) is 16.1. The molecule has 1 aliphatic carbocycles. The molecule has 0 aliphatic heterocycles. The Morgan fingerprint density at radius 2 is 1.86 bits per heavy atom. The third kappa shape index (κ3) is 5.69. The van der Waals surface area contributed by atoms with Crippen LogP contribution in [0.3, 0.4) is 0 Å². The molecule has 1 aliphatic rings. The summed E-state index contributed by atoms with van der Waals surface area (Å²) in [5.41, 5.74) is -0.403. The summed E-state index contributed by atoms with van der Waals surface area (Å²) in [6.45, 7) is 13.6. The van der Waals surface area contributed by atoms with Crippen molar-refractivity contribution in [3.63, 3.8) is 0 Å². The highest BCUT2D eigenvalue weighted by Crippen LogP contribution is 2.41. The Morgan fingerprint density at radius 1 is 1.28 bits per heavy atom. The van der Waals surface area contributed by atoms with E-state index < -0.39 is 25.9 Å². The van der Waals surface area contributed by atoms with E-state index >= 15 is 0 Å². The van der Waals surface area contributed by atoms with Crippen LogP contribution in [0.2, 0.25) is 18.1 Å². The lowest BCUT2D eigenvalue weighted by atomic mass is 10.1. The van der Waals surface area contributed by atoms with E-state index in [1.54, 1.807) is 6.20 Å². The van der Waals surface area contributed by atoms with Gasteiger partial charge < -0.3 is 9.33 Å². The predicted molar refractivity (Wildman–Crippen MR) is 112 cm³/mol. The highest BCUT2D eigenvalue weighted by Gasteiger charge is 2.38. The highest BCUT2D eigenvalue weighted by atomic mass is 28.4. The molecule has 0 N–H and O–H groups in total. The molecule has 0 spiro atoms. The van der Waals surface area contributed by atoms with Crippen molar-refractivity contribution in [1.82, 2.24) is 0 Å². The fourth-order valence-electron chi connectivity index (χ4n) is 2.63. The average Bonchev–Trinajstić information content (AvgIpc) is 3.41. The van der Waals surface area contributed by atoms with Crippen molar-refractivity contribution in [3.05, 3.63) is 41.0 Å². The maximum Gasteiger partial charge on any atom is 0.418 e. The van der Waals surface area contributed by atoms with E-state index in [4.69, 9.17) is 4.43 Å². The Hall–Kier alpha value is -1.67. The van der Waals surface area contributed by atoms with Gasteiger partial charge in [-0.25, -0.2) is 4.39 Å². The molecular formula is C21H30F4N2OSi. The minimum absolute atomic E-state index is 0.0692. The number of anilines is 1. The number of benzene rings is 1. The monoisotopic (exact) mass is 430 g/mol. The van der Waals surface area contributed by atoms with Crippen LogP contribution in [-0.2, 0) is 17.2 Å². The third-order valence-corrected chi connectivity index (χ3v) is 10.2. The molecule has 0 bridgehead atoms. The first-order valence-electron chi connectivity index (χ1n) is 9.62. The SMILES string of the molecule is C=N/C(=C\N(C)c1cc(CO[Si](C)(C)C(C)(C)C)c(F)cc1C(F)(F)F)C1CC1. The zero-order valence-electron chi connectivity index (χ0n) is 18.0. The van der Waals surface area contributed by atoms with Crippen molar-refractivity contribution < 1.29 is 22.0 Å². The summed E-state index contributed by atoms with van der Waals surface area (Å²) in [7, 11) is -0.673. The number of allylic oxidation sites excluding steroid dienone is 1. The largest absolute Gasteiger partial charge is 0.418 e. The number of hydrogen-bond donors (Lipinski definition) is 0. The Kier molecular flexibility index (Phi) is 6.69. The van der Waals surface area contributed by atoms with Crippen LogP contribution >= 0.6 is 0 Å². The van der Waals surface area contributed by atoms with Crippen LogP contribution in [0.5, 0.6) is 0 Å². The number of aliphatic imine (C=N–C) groups is 1. The van der Waals surface area contributed by atoms with E-state index in [1.165, 1.54) is 18.0 Å². The summed E-state index contributed by atoms with van der Waals surface area (Å²) in [4.78, 5) is 5.29. The van der Waals surface area contributed by atoms with Crippen LogP contribution in [-0.4, -0.2) is 22.1 Å². The van der Waals surface area contributed by atoms with Gasteiger partial charge in [0.1, 0.15) is 5.82 Å². The lowest BCUT2D eigenvalue weighted by Crippen LogP contribution is -2.40. The number of rotatable bonds is 7. The molecule has 0 saturated heterocycles. The fourth-order valence-corrected chi connectivity index (χ4v) is 3.58. The van der Waals surface area contributed by atoms with Crippen LogP contribution < -0.4 is 4.90 Å². The van der Waals surface area contributed by atoms with Gasteiger partial charge in [0.05, 0.1) is 23.6 Å². The molecule has 29 heavy (non-hydrogen) atoms. The molecule has 0 amide bonds. The van der Waals surface area contributed by atoms with E-state index in [0.29, 0.717) is 11.8 Å². The Bertz CT molecular complexity index is 793. The fraction of sp³-hybridized carbons (Fsp3) is 0.571. The molecule has 0 unspecified atom stereocenters. The minimum atomic E-state index is -4.68. The quantitative estimate of drug-likeness (QED) is 0.271. The second-order valence-electron chi connectivity index (χ2n) is 9.10. The van der Waals surface area contributed by atoms with Gasteiger partial charge in [-0.2, -0.15) is 13.2 Å². The summed E-state index contributed by atoms with van der Waals surface area (Å²) >= 11 is 0. The van der Waals surface area contributed by atoms with Gasteiger partial charge in [-0.05, 0) is 49.8 Å². The molecular weight excluding hydrogens is 400 g/mol. The molecule has 8 heteroatoms. The van der Waals surface area contributed by atoms with Gasteiger partial charge in [-0.1, -0.05) is 20.8 Å². The van der Waals surface area contributed by atoms with Crippen LogP contribution in [0.1, 0.15) is 44.7 Å². The van der Waals surface area contributed by atoms with Crippen LogP contribution in [0, 0.1) is 11.7 Å². The van der Waals surface area contributed by atoms with Crippen molar-refractivity contribution in [1.29, 1.82) is 0 Å². The van der Waals surface area contributed by atoms with Gasteiger partial charge in [0.25, 0.3) is 0 Å². The molecule has 0 radical (unpaired) electrons. The van der Waals surface area contributed by atoms with Crippen molar-refractivity contribution >= 4 is 20.7 Å². The predicted octanol–water partition coefficient (Wildman–Crippen LogP) is 6.75. The zero-order valence-corrected chi connectivity index (χ0v) is 19.0.